The fraction of sp³-hybridized carbons (Fsp3) is 0.800. The Balaban J connectivity index is 2.63. The van der Waals surface area contributed by atoms with Gasteiger partial charge in [0.25, 0.3) is 0 Å². The maximum atomic E-state index is 12.0. The van der Waals surface area contributed by atoms with Crippen LogP contribution in [-0.4, -0.2) is 17.7 Å². The number of hydrogen-bond acceptors (Lipinski definition) is 2. The van der Waals surface area contributed by atoms with Crippen molar-refractivity contribution in [1.29, 1.82) is 0 Å². The van der Waals surface area contributed by atoms with Gasteiger partial charge in [-0.1, -0.05) is 12.8 Å². The van der Waals surface area contributed by atoms with E-state index in [1.807, 2.05) is 0 Å². The molecule has 0 saturated heterocycles. The third kappa shape index (κ3) is 2.79. The van der Waals surface area contributed by atoms with Gasteiger partial charge in [0.1, 0.15) is 5.78 Å². The molecule has 0 bridgehead atoms. The fourth-order valence-electron chi connectivity index (χ4n) is 1.94. The Labute approximate surface area is 85.8 Å². The molecule has 0 heterocycles. The molecule has 0 aromatic carbocycles. The fourth-order valence-corrected chi connectivity index (χ4v) is 1.94. The van der Waals surface area contributed by atoms with Crippen LogP contribution in [0.1, 0.15) is 32.6 Å². The van der Waals surface area contributed by atoms with Gasteiger partial charge in [0, 0.05) is 5.92 Å². The number of halogens is 3. The van der Waals surface area contributed by atoms with Gasteiger partial charge in [0.15, 0.2) is 0 Å². The van der Waals surface area contributed by atoms with Crippen molar-refractivity contribution in [2.45, 2.75) is 38.8 Å². The van der Waals surface area contributed by atoms with Crippen LogP contribution in [-0.2, 0) is 9.59 Å². The van der Waals surface area contributed by atoms with E-state index in [-0.39, 0.29) is 5.92 Å². The lowest BCUT2D eigenvalue weighted by Gasteiger charge is -2.15. The summed E-state index contributed by atoms with van der Waals surface area (Å²) in [6.45, 7) is 1.05. The molecule has 15 heavy (non-hydrogen) atoms. The SMILES string of the molecule is CC(C(=O)C1CCCC1)C(=O)C(F)(F)F. The number of rotatable bonds is 3. The van der Waals surface area contributed by atoms with Gasteiger partial charge in [-0.25, -0.2) is 0 Å². The molecule has 5 heteroatoms. The van der Waals surface area contributed by atoms with Gasteiger partial charge < -0.3 is 0 Å². The van der Waals surface area contributed by atoms with Crippen LogP contribution < -0.4 is 0 Å². The minimum atomic E-state index is -4.90. The molecule has 1 aliphatic carbocycles. The minimum Gasteiger partial charge on any atom is -0.299 e. The number of carbonyl (C=O) groups excluding carboxylic acids is 2. The van der Waals surface area contributed by atoms with E-state index in [0.717, 1.165) is 19.8 Å². The van der Waals surface area contributed by atoms with Crippen LogP contribution in [0.25, 0.3) is 0 Å². The van der Waals surface area contributed by atoms with Crippen molar-refractivity contribution in [3.8, 4) is 0 Å². The Kier molecular flexibility index (Phi) is 3.52. The first kappa shape index (κ1) is 12.2. The van der Waals surface area contributed by atoms with Gasteiger partial charge >= 0.3 is 6.18 Å². The molecule has 0 spiro atoms. The third-order valence-corrected chi connectivity index (χ3v) is 2.86. The highest BCUT2D eigenvalue weighted by atomic mass is 19.4. The predicted octanol–water partition coefficient (Wildman–Crippen LogP) is 2.51. The molecule has 1 rings (SSSR count). The van der Waals surface area contributed by atoms with Crippen LogP contribution in [0.3, 0.4) is 0 Å². The van der Waals surface area contributed by atoms with E-state index in [4.69, 9.17) is 0 Å². The van der Waals surface area contributed by atoms with Crippen molar-refractivity contribution < 1.29 is 22.8 Å². The van der Waals surface area contributed by atoms with Crippen molar-refractivity contribution in [3.63, 3.8) is 0 Å². The van der Waals surface area contributed by atoms with Gasteiger partial charge in [-0.3, -0.25) is 9.59 Å². The number of alkyl halides is 3. The first-order valence-corrected chi connectivity index (χ1v) is 4.99. The number of carbonyl (C=O) groups is 2. The normalized spacial score (nSPS) is 20.3. The molecule has 0 aromatic rings. The molecule has 1 fully saturated rings. The Morgan fingerprint density at radius 3 is 2.07 bits per heavy atom. The maximum absolute atomic E-state index is 12.0. The van der Waals surface area contributed by atoms with Crippen LogP contribution in [0.4, 0.5) is 13.2 Å². The zero-order chi connectivity index (χ0) is 11.6. The molecule has 0 radical (unpaired) electrons. The van der Waals surface area contributed by atoms with E-state index >= 15 is 0 Å². The lowest BCUT2D eigenvalue weighted by molar-refractivity contribution is -0.176. The molecular weight excluding hydrogens is 209 g/mol. The molecule has 0 amide bonds. The van der Waals surface area contributed by atoms with Gasteiger partial charge in [0.2, 0.25) is 5.78 Å². The summed E-state index contributed by atoms with van der Waals surface area (Å²) >= 11 is 0. The Bertz CT molecular complexity index is 264. The van der Waals surface area contributed by atoms with Crippen LogP contribution >= 0.6 is 0 Å². The van der Waals surface area contributed by atoms with Gasteiger partial charge in [-0.05, 0) is 19.8 Å². The third-order valence-electron chi connectivity index (χ3n) is 2.86. The Hall–Kier alpha value is -0.870. The first-order chi connectivity index (χ1) is 6.84. The molecule has 0 N–H and O–H groups in total. The Morgan fingerprint density at radius 1 is 1.20 bits per heavy atom. The Morgan fingerprint density at radius 2 is 1.67 bits per heavy atom. The van der Waals surface area contributed by atoms with E-state index in [0.29, 0.717) is 12.8 Å². The zero-order valence-electron chi connectivity index (χ0n) is 8.43. The molecule has 0 aromatic heterocycles. The minimum absolute atomic E-state index is 0.341. The van der Waals surface area contributed by atoms with E-state index < -0.39 is 23.7 Å². The molecule has 1 atom stereocenters. The number of Topliss-reactive ketones (excluding diaryl/α,β-unsaturated/α-hetero) is 2. The predicted molar refractivity (Wildman–Crippen MR) is 47.2 cm³/mol. The molecule has 86 valence electrons. The summed E-state index contributed by atoms with van der Waals surface area (Å²) < 4.78 is 36.1. The second-order valence-corrected chi connectivity index (χ2v) is 3.97. The quantitative estimate of drug-likeness (QED) is 0.687. The monoisotopic (exact) mass is 222 g/mol. The molecule has 0 aliphatic heterocycles. The topological polar surface area (TPSA) is 34.1 Å². The van der Waals surface area contributed by atoms with Gasteiger partial charge in [-0.2, -0.15) is 13.2 Å². The average molecular weight is 222 g/mol. The van der Waals surface area contributed by atoms with E-state index in [2.05, 4.69) is 0 Å². The highest BCUT2D eigenvalue weighted by Crippen LogP contribution is 2.30. The zero-order valence-corrected chi connectivity index (χ0v) is 8.43. The van der Waals surface area contributed by atoms with Crippen molar-refractivity contribution >= 4 is 11.6 Å². The van der Waals surface area contributed by atoms with Gasteiger partial charge in [-0.15, -0.1) is 0 Å². The molecule has 1 aliphatic rings. The van der Waals surface area contributed by atoms with Crippen LogP contribution in [0.15, 0.2) is 0 Å². The summed E-state index contributed by atoms with van der Waals surface area (Å²) in [5.74, 6) is -4.34. The van der Waals surface area contributed by atoms with E-state index in [9.17, 15) is 22.8 Å². The summed E-state index contributed by atoms with van der Waals surface area (Å²) in [5, 5.41) is 0. The largest absolute Gasteiger partial charge is 0.450 e. The molecule has 1 unspecified atom stereocenters. The van der Waals surface area contributed by atoms with Crippen molar-refractivity contribution in [1.82, 2.24) is 0 Å². The van der Waals surface area contributed by atoms with Crippen LogP contribution in [0.5, 0.6) is 0 Å². The van der Waals surface area contributed by atoms with Crippen LogP contribution in [0.2, 0.25) is 0 Å². The average Bonchev–Trinajstić information content (AvgIpc) is 2.65. The second kappa shape index (κ2) is 4.33. The molecular formula is C10H13F3O2. The highest BCUT2D eigenvalue weighted by Gasteiger charge is 2.45. The van der Waals surface area contributed by atoms with E-state index in [1.54, 1.807) is 0 Å². The lowest BCUT2D eigenvalue weighted by Crippen LogP contribution is -2.35. The summed E-state index contributed by atoms with van der Waals surface area (Å²) in [4.78, 5) is 22.3. The number of hydrogen-bond donors (Lipinski definition) is 0. The molecule has 2 nitrogen and oxygen atoms in total. The van der Waals surface area contributed by atoms with Crippen molar-refractivity contribution in [2.24, 2.45) is 11.8 Å². The molecule has 1 saturated carbocycles. The summed E-state index contributed by atoms with van der Waals surface area (Å²) in [6, 6.07) is 0. The second-order valence-electron chi connectivity index (χ2n) is 3.97. The maximum Gasteiger partial charge on any atom is 0.450 e. The lowest BCUT2D eigenvalue weighted by atomic mass is 9.90. The summed E-state index contributed by atoms with van der Waals surface area (Å²) in [6.07, 6.45) is -1.93. The van der Waals surface area contributed by atoms with Gasteiger partial charge in [0.05, 0.1) is 5.92 Å². The van der Waals surface area contributed by atoms with Crippen molar-refractivity contribution in [3.05, 3.63) is 0 Å². The highest BCUT2D eigenvalue weighted by molar-refractivity contribution is 6.05. The standard InChI is InChI=1S/C10H13F3O2/c1-6(9(15)10(11,12)13)8(14)7-4-2-3-5-7/h6-7H,2-5H2,1H3. The first-order valence-electron chi connectivity index (χ1n) is 4.99. The van der Waals surface area contributed by atoms with Crippen LogP contribution in [0, 0.1) is 11.8 Å². The van der Waals surface area contributed by atoms with E-state index in [1.165, 1.54) is 0 Å². The van der Waals surface area contributed by atoms with Crippen molar-refractivity contribution in [2.75, 3.05) is 0 Å². The number of ketones is 2. The summed E-state index contributed by atoms with van der Waals surface area (Å²) in [5.41, 5.74) is 0. The summed E-state index contributed by atoms with van der Waals surface area (Å²) in [7, 11) is 0. The smallest absolute Gasteiger partial charge is 0.299 e.